The van der Waals surface area contributed by atoms with Gasteiger partial charge < -0.3 is 15.3 Å². The van der Waals surface area contributed by atoms with Crippen molar-refractivity contribution < 1.29 is 14.7 Å². The Morgan fingerprint density at radius 3 is 2.65 bits per heavy atom. The van der Waals surface area contributed by atoms with Crippen LogP contribution in [-0.2, 0) is 4.79 Å². The minimum absolute atomic E-state index is 0.0550. The molecule has 1 saturated carbocycles. The van der Waals surface area contributed by atoms with E-state index in [4.69, 9.17) is 0 Å². The standard InChI is InChI=1S/C15H26N2O3/c1-3-10(2)13(14(18)19)16-15(20)17-9-5-7-11-6-4-8-12(11)17/h10-13H,3-9H2,1-2H3,(H,16,20)(H,18,19). The predicted molar refractivity (Wildman–Crippen MR) is 76.5 cm³/mol. The highest BCUT2D eigenvalue weighted by atomic mass is 16.4. The number of piperidine rings is 1. The molecule has 4 atom stereocenters. The van der Waals surface area contributed by atoms with Crippen LogP contribution in [0.2, 0.25) is 0 Å². The van der Waals surface area contributed by atoms with Crippen LogP contribution in [0, 0.1) is 11.8 Å². The molecule has 4 unspecified atom stereocenters. The first-order valence-electron chi connectivity index (χ1n) is 7.84. The Morgan fingerprint density at radius 1 is 1.30 bits per heavy atom. The number of hydrogen-bond acceptors (Lipinski definition) is 2. The van der Waals surface area contributed by atoms with Crippen molar-refractivity contribution in [2.45, 2.75) is 64.5 Å². The Bertz CT molecular complexity index is 372. The number of carboxylic acids is 1. The Morgan fingerprint density at radius 2 is 2.00 bits per heavy atom. The molecule has 20 heavy (non-hydrogen) atoms. The van der Waals surface area contributed by atoms with Crippen molar-refractivity contribution in [2.75, 3.05) is 6.54 Å². The number of nitrogens with one attached hydrogen (secondary N) is 1. The molecule has 1 heterocycles. The molecule has 0 spiro atoms. The van der Waals surface area contributed by atoms with Gasteiger partial charge in [-0.15, -0.1) is 0 Å². The molecule has 2 amide bonds. The van der Waals surface area contributed by atoms with E-state index in [9.17, 15) is 14.7 Å². The van der Waals surface area contributed by atoms with E-state index in [2.05, 4.69) is 5.32 Å². The molecule has 2 N–H and O–H groups in total. The summed E-state index contributed by atoms with van der Waals surface area (Å²) in [5.74, 6) is -0.366. The second kappa shape index (κ2) is 6.46. The second-order valence-electron chi connectivity index (χ2n) is 6.24. The van der Waals surface area contributed by atoms with Gasteiger partial charge in [-0.05, 0) is 37.5 Å². The van der Waals surface area contributed by atoms with Gasteiger partial charge in [-0.3, -0.25) is 0 Å². The third kappa shape index (κ3) is 3.07. The molecule has 1 aliphatic carbocycles. The molecule has 5 nitrogen and oxygen atoms in total. The van der Waals surface area contributed by atoms with Gasteiger partial charge in [0.1, 0.15) is 6.04 Å². The molecule has 1 aliphatic heterocycles. The molecule has 0 aromatic carbocycles. The fourth-order valence-corrected chi connectivity index (χ4v) is 3.61. The summed E-state index contributed by atoms with van der Waals surface area (Å²) in [6.45, 7) is 4.58. The zero-order valence-electron chi connectivity index (χ0n) is 12.5. The third-order valence-electron chi connectivity index (χ3n) is 5.01. The van der Waals surface area contributed by atoms with E-state index < -0.39 is 12.0 Å². The molecule has 5 heteroatoms. The van der Waals surface area contributed by atoms with E-state index in [-0.39, 0.29) is 11.9 Å². The largest absolute Gasteiger partial charge is 0.480 e. The van der Waals surface area contributed by atoms with Crippen molar-refractivity contribution in [3.63, 3.8) is 0 Å². The van der Waals surface area contributed by atoms with E-state index in [1.807, 2.05) is 18.7 Å². The number of carbonyl (C=O) groups is 2. The number of aliphatic carboxylic acids is 1. The lowest BCUT2D eigenvalue weighted by molar-refractivity contribution is -0.140. The summed E-state index contributed by atoms with van der Waals surface area (Å²) in [5, 5.41) is 12.0. The average molecular weight is 282 g/mol. The maximum Gasteiger partial charge on any atom is 0.326 e. The van der Waals surface area contributed by atoms with Crippen molar-refractivity contribution >= 4 is 12.0 Å². The van der Waals surface area contributed by atoms with Crippen molar-refractivity contribution in [2.24, 2.45) is 11.8 Å². The second-order valence-corrected chi connectivity index (χ2v) is 6.24. The zero-order chi connectivity index (χ0) is 14.7. The summed E-state index contributed by atoms with van der Waals surface area (Å²) in [7, 11) is 0. The van der Waals surface area contributed by atoms with Crippen LogP contribution in [-0.4, -0.2) is 40.6 Å². The van der Waals surface area contributed by atoms with E-state index in [0.717, 1.165) is 25.8 Å². The molecular formula is C15H26N2O3. The Labute approximate surface area is 120 Å². The van der Waals surface area contributed by atoms with Gasteiger partial charge >= 0.3 is 12.0 Å². The fourth-order valence-electron chi connectivity index (χ4n) is 3.61. The Balaban J connectivity index is 2.00. The number of nitrogens with zero attached hydrogens (tertiary/aromatic N) is 1. The van der Waals surface area contributed by atoms with Crippen LogP contribution in [0.15, 0.2) is 0 Å². The van der Waals surface area contributed by atoms with Gasteiger partial charge in [0.15, 0.2) is 0 Å². The molecule has 0 bridgehead atoms. The van der Waals surface area contributed by atoms with Crippen molar-refractivity contribution in [3.05, 3.63) is 0 Å². The summed E-state index contributed by atoms with van der Waals surface area (Å²) in [6.07, 6.45) is 6.45. The number of urea groups is 1. The quantitative estimate of drug-likeness (QED) is 0.832. The SMILES string of the molecule is CCC(C)C(NC(=O)N1CCCC2CCCC21)C(=O)O. The molecule has 0 aromatic heterocycles. The fraction of sp³-hybridized carbons (Fsp3) is 0.867. The summed E-state index contributed by atoms with van der Waals surface area (Å²) in [6, 6.07) is -0.640. The minimum Gasteiger partial charge on any atom is -0.480 e. The summed E-state index contributed by atoms with van der Waals surface area (Å²) >= 11 is 0. The summed E-state index contributed by atoms with van der Waals surface area (Å²) < 4.78 is 0. The lowest BCUT2D eigenvalue weighted by Crippen LogP contribution is -2.55. The summed E-state index contributed by atoms with van der Waals surface area (Å²) in [4.78, 5) is 25.6. The highest BCUT2D eigenvalue weighted by Gasteiger charge is 2.38. The number of hydrogen-bond donors (Lipinski definition) is 2. The van der Waals surface area contributed by atoms with Gasteiger partial charge in [-0.2, -0.15) is 0 Å². The predicted octanol–water partition coefficient (Wildman–Crippen LogP) is 2.46. The Kier molecular flexibility index (Phi) is 4.89. The first-order chi connectivity index (χ1) is 9.54. The van der Waals surface area contributed by atoms with Crippen LogP contribution in [0.25, 0.3) is 0 Å². The molecule has 1 saturated heterocycles. The van der Waals surface area contributed by atoms with Crippen molar-refractivity contribution in [1.29, 1.82) is 0 Å². The van der Waals surface area contributed by atoms with Gasteiger partial charge in [-0.1, -0.05) is 26.7 Å². The van der Waals surface area contributed by atoms with Gasteiger partial charge in [0.05, 0.1) is 0 Å². The molecule has 2 rings (SSSR count). The first kappa shape index (κ1) is 15.1. The lowest BCUT2D eigenvalue weighted by Gasteiger charge is -2.38. The summed E-state index contributed by atoms with van der Waals surface area (Å²) in [5.41, 5.74) is 0. The lowest BCUT2D eigenvalue weighted by atomic mass is 9.92. The van der Waals surface area contributed by atoms with E-state index >= 15 is 0 Å². The highest BCUT2D eigenvalue weighted by molar-refractivity contribution is 5.83. The highest BCUT2D eigenvalue weighted by Crippen LogP contribution is 2.36. The number of rotatable bonds is 4. The number of amides is 2. The van der Waals surface area contributed by atoms with Crippen LogP contribution in [0.5, 0.6) is 0 Å². The van der Waals surface area contributed by atoms with Gasteiger partial charge in [0, 0.05) is 12.6 Å². The molecule has 2 aliphatic rings. The molecule has 0 radical (unpaired) electrons. The number of fused-ring (bicyclic) bond motifs is 1. The van der Waals surface area contributed by atoms with E-state index in [0.29, 0.717) is 12.0 Å². The van der Waals surface area contributed by atoms with Gasteiger partial charge in [-0.25, -0.2) is 9.59 Å². The number of carboxylic acid groups (broad SMARTS) is 1. The number of likely N-dealkylation sites (tertiary alicyclic amines) is 1. The van der Waals surface area contributed by atoms with Crippen LogP contribution < -0.4 is 5.32 Å². The molecule has 2 fully saturated rings. The molecule has 114 valence electrons. The molecule has 0 aromatic rings. The van der Waals surface area contributed by atoms with Crippen LogP contribution in [0.1, 0.15) is 52.4 Å². The molecular weight excluding hydrogens is 256 g/mol. The van der Waals surface area contributed by atoms with Crippen LogP contribution in [0.3, 0.4) is 0 Å². The topological polar surface area (TPSA) is 69.6 Å². The van der Waals surface area contributed by atoms with E-state index in [1.165, 1.54) is 19.3 Å². The Hall–Kier alpha value is -1.26. The maximum atomic E-state index is 12.4. The normalized spacial score (nSPS) is 28.6. The first-order valence-corrected chi connectivity index (χ1v) is 7.84. The monoisotopic (exact) mass is 282 g/mol. The number of carbonyl (C=O) groups excluding carboxylic acids is 1. The minimum atomic E-state index is -0.937. The van der Waals surface area contributed by atoms with Crippen LogP contribution in [0.4, 0.5) is 4.79 Å². The average Bonchev–Trinajstić information content (AvgIpc) is 2.91. The maximum absolute atomic E-state index is 12.4. The van der Waals surface area contributed by atoms with Gasteiger partial charge in [0.2, 0.25) is 0 Å². The van der Waals surface area contributed by atoms with E-state index in [1.54, 1.807) is 0 Å². The smallest absolute Gasteiger partial charge is 0.326 e. The van der Waals surface area contributed by atoms with Crippen LogP contribution >= 0.6 is 0 Å². The zero-order valence-corrected chi connectivity index (χ0v) is 12.5. The van der Waals surface area contributed by atoms with Crippen molar-refractivity contribution in [1.82, 2.24) is 10.2 Å². The van der Waals surface area contributed by atoms with Gasteiger partial charge in [0.25, 0.3) is 0 Å². The van der Waals surface area contributed by atoms with Crippen molar-refractivity contribution in [3.8, 4) is 0 Å². The third-order valence-corrected chi connectivity index (χ3v) is 5.01.